The first-order valence-corrected chi connectivity index (χ1v) is 8.35. The number of halogens is 2. The van der Waals surface area contributed by atoms with Crippen molar-refractivity contribution in [2.24, 2.45) is 10.7 Å². The number of hydrogen-bond acceptors (Lipinski definition) is 4. The van der Waals surface area contributed by atoms with E-state index in [1.54, 1.807) is 6.07 Å². The lowest BCUT2D eigenvalue weighted by molar-refractivity contribution is 0.0377. The van der Waals surface area contributed by atoms with Gasteiger partial charge in [-0.15, -0.1) is 24.0 Å². The Morgan fingerprint density at radius 1 is 1.33 bits per heavy atom. The quantitative estimate of drug-likeness (QED) is 0.264. The van der Waals surface area contributed by atoms with Crippen LogP contribution in [0.4, 0.5) is 0 Å². The molecule has 136 valence electrons. The van der Waals surface area contributed by atoms with E-state index >= 15 is 0 Å². The Morgan fingerprint density at radius 3 is 2.83 bits per heavy atom. The third-order valence-corrected chi connectivity index (χ3v) is 3.83. The molecule has 1 aliphatic rings. The van der Waals surface area contributed by atoms with E-state index in [0.717, 1.165) is 45.8 Å². The fraction of sp³-hybridized carbons (Fsp3) is 0.562. The standard InChI is InChI=1S/C16H25ClN4O2.HI/c17-14-4-1-2-5-15(14)23-11-7-20-16(18)19-6-3-8-21-9-12-22-13-10-21;/h1-2,4-5H,3,6-13H2,(H3,18,19,20);1H. The smallest absolute Gasteiger partial charge is 0.188 e. The average molecular weight is 469 g/mol. The molecular weight excluding hydrogens is 443 g/mol. The molecule has 6 nitrogen and oxygen atoms in total. The van der Waals surface area contributed by atoms with Crippen LogP contribution in [0.2, 0.25) is 5.02 Å². The molecule has 0 bridgehead atoms. The second-order valence-electron chi connectivity index (χ2n) is 5.28. The minimum Gasteiger partial charge on any atom is -0.490 e. The molecule has 0 aromatic heterocycles. The summed E-state index contributed by atoms with van der Waals surface area (Å²) in [5.74, 6) is 1.13. The van der Waals surface area contributed by atoms with Crippen molar-refractivity contribution < 1.29 is 9.47 Å². The van der Waals surface area contributed by atoms with Crippen LogP contribution in [0.5, 0.6) is 5.75 Å². The predicted molar refractivity (Wildman–Crippen MR) is 109 cm³/mol. The van der Waals surface area contributed by atoms with Gasteiger partial charge in [-0.2, -0.15) is 0 Å². The van der Waals surface area contributed by atoms with E-state index < -0.39 is 0 Å². The van der Waals surface area contributed by atoms with Gasteiger partial charge in [0.25, 0.3) is 0 Å². The van der Waals surface area contributed by atoms with Gasteiger partial charge >= 0.3 is 0 Å². The lowest BCUT2D eigenvalue weighted by Crippen LogP contribution is -2.37. The van der Waals surface area contributed by atoms with Gasteiger partial charge in [-0.1, -0.05) is 23.7 Å². The minimum absolute atomic E-state index is 0. The largest absolute Gasteiger partial charge is 0.490 e. The Hall–Kier alpha value is -0.770. The summed E-state index contributed by atoms with van der Waals surface area (Å²) in [6.07, 6.45) is 0.999. The fourth-order valence-electron chi connectivity index (χ4n) is 2.28. The summed E-state index contributed by atoms with van der Waals surface area (Å²) >= 11 is 6.01. The Morgan fingerprint density at radius 2 is 2.08 bits per heavy atom. The van der Waals surface area contributed by atoms with Crippen molar-refractivity contribution in [3.63, 3.8) is 0 Å². The Balaban J connectivity index is 0.00000288. The van der Waals surface area contributed by atoms with Crippen LogP contribution in [-0.2, 0) is 4.74 Å². The zero-order valence-corrected chi connectivity index (χ0v) is 16.8. The second-order valence-corrected chi connectivity index (χ2v) is 5.69. The van der Waals surface area contributed by atoms with Crippen LogP contribution in [0, 0.1) is 0 Å². The zero-order valence-electron chi connectivity index (χ0n) is 13.7. The number of benzene rings is 1. The highest BCUT2D eigenvalue weighted by molar-refractivity contribution is 14.0. The van der Waals surface area contributed by atoms with Gasteiger partial charge in [0.1, 0.15) is 12.4 Å². The van der Waals surface area contributed by atoms with Crippen molar-refractivity contribution in [2.75, 3.05) is 52.5 Å². The fourth-order valence-corrected chi connectivity index (χ4v) is 2.47. The van der Waals surface area contributed by atoms with Gasteiger partial charge in [-0.25, -0.2) is 0 Å². The third kappa shape index (κ3) is 8.36. The lowest BCUT2D eigenvalue weighted by Gasteiger charge is -2.26. The molecule has 1 aromatic rings. The van der Waals surface area contributed by atoms with Crippen molar-refractivity contribution in [3.8, 4) is 5.75 Å². The van der Waals surface area contributed by atoms with E-state index in [1.807, 2.05) is 18.2 Å². The summed E-state index contributed by atoms with van der Waals surface area (Å²) < 4.78 is 10.9. The van der Waals surface area contributed by atoms with Crippen LogP contribution in [0.15, 0.2) is 29.3 Å². The van der Waals surface area contributed by atoms with Gasteiger partial charge in [0.15, 0.2) is 5.96 Å². The number of para-hydroxylation sites is 1. The second kappa shape index (κ2) is 12.6. The monoisotopic (exact) mass is 468 g/mol. The SMILES string of the molecule is I.NC(=NCCCN1CCOCC1)NCCOc1ccccc1Cl. The van der Waals surface area contributed by atoms with E-state index in [0.29, 0.717) is 29.9 Å². The number of nitrogens with two attached hydrogens (primary N) is 1. The van der Waals surface area contributed by atoms with Gasteiger partial charge in [0.05, 0.1) is 24.8 Å². The molecule has 1 saturated heterocycles. The molecule has 0 atom stereocenters. The van der Waals surface area contributed by atoms with Gasteiger partial charge in [-0.3, -0.25) is 9.89 Å². The molecule has 0 radical (unpaired) electrons. The molecule has 1 heterocycles. The maximum atomic E-state index is 6.01. The zero-order chi connectivity index (χ0) is 16.3. The highest BCUT2D eigenvalue weighted by Crippen LogP contribution is 2.22. The number of hydrogen-bond donors (Lipinski definition) is 2. The molecule has 24 heavy (non-hydrogen) atoms. The number of aliphatic imine (C=N–C) groups is 1. The molecule has 1 aliphatic heterocycles. The molecule has 3 N–H and O–H groups in total. The topological polar surface area (TPSA) is 72.1 Å². The summed E-state index contributed by atoms with van der Waals surface area (Å²) in [7, 11) is 0. The van der Waals surface area contributed by atoms with Gasteiger partial charge in [0, 0.05) is 26.2 Å². The highest BCUT2D eigenvalue weighted by Gasteiger charge is 2.08. The van der Waals surface area contributed by atoms with Crippen LogP contribution in [0.1, 0.15) is 6.42 Å². The van der Waals surface area contributed by atoms with Crippen molar-refractivity contribution in [1.82, 2.24) is 10.2 Å². The number of guanidine groups is 1. The van der Waals surface area contributed by atoms with E-state index in [4.69, 9.17) is 26.8 Å². The van der Waals surface area contributed by atoms with Crippen molar-refractivity contribution >= 4 is 41.5 Å². The van der Waals surface area contributed by atoms with Crippen LogP contribution >= 0.6 is 35.6 Å². The number of morpholine rings is 1. The molecule has 1 fully saturated rings. The van der Waals surface area contributed by atoms with Crippen LogP contribution in [0.25, 0.3) is 0 Å². The van der Waals surface area contributed by atoms with Crippen LogP contribution < -0.4 is 15.8 Å². The van der Waals surface area contributed by atoms with Gasteiger partial charge in [0.2, 0.25) is 0 Å². The number of nitrogens with zero attached hydrogens (tertiary/aromatic N) is 2. The lowest BCUT2D eigenvalue weighted by atomic mass is 10.3. The molecule has 0 saturated carbocycles. The average Bonchev–Trinajstić information content (AvgIpc) is 2.58. The molecule has 1 aromatic carbocycles. The summed E-state index contributed by atoms with van der Waals surface area (Å²) in [6.45, 7) is 6.51. The molecule has 2 rings (SSSR count). The molecular formula is C16H26ClIN4O2. The Bertz CT molecular complexity index is 499. The predicted octanol–water partition coefficient (Wildman–Crippen LogP) is 1.96. The molecule has 0 unspecified atom stereocenters. The van der Waals surface area contributed by atoms with Gasteiger partial charge < -0.3 is 20.5 Å². The number of nitrogens with one attached hydrogen (secondary N) is 1. The highest BCUT2D eigenvalue weighted by atomic mass is 127. The summed E-state index contributed by atoms with van der Waals surface area (Å²) in [5.41, 5.74) is 5.83. The number of ether oxygens (including phenoxy) is 2. The van der Waals surface area contributed by atoms with Crippen LogP contribution in [-0.4, -0.2) is 63.4 Å². The van der Waals surface area contributed by atoms with Crippen molar-refractivity contribution in [1.29, 1.82) is 0 Å². The van der Waals surface area contributed by atoms with E-state index in [-0.39, 0.29) is 24.0 Å². The van der Waals surface area contributed by atoms with Gasteiger partial charge in [-0.05, 0) is 18.6 Å². The van der Waals surface area contributed by atoms with Crippen LogP contribution in [0.3, 0.4) is 0 Å². The van der Waals surface area contributed by atoms with E-state index in [2.05, 4.69) is 15.2 Å². The van der Waals surface area contributed by atoms with E-state index in [1.165, 1.54) is 0 Å². The Kier molecular flexibility index (Phi) is 11.1. The third-order valence-electron chi connectivity index (χ3n) is 3.52. The van der Waals surface area contributed by atoms with Crippen molar-refractivity contribution in [3.05, 3.63) is 29.3 Å². The van der Waals surface area contributed by atoms with E-state index in [9.17, 15) is 0 Å². The molecule has 0 amide bonds. The number of rotatable bonds is 8. The Labute approximate surface area is 165 Å². The normalized spacial score (nSPS) is 15.6. The maximum absolute atomic E-state index is 6.01. The first-order valence-electron chi connectivity index (χ1n) is 7.97. The maximum Gasteiger partial charge on any atom is 0.188 e. The summed E-state index contributed by atoms with van der Waals surface area (Å²) in [4.78, 5) is 6.70. The summed E-state index contributed by atoms with van der Waals surface area (Å²) in [5, 5.41) is 3.65. The first-order chi connectivity index (χ1) is 11.3. The minimum atomic E-state index is 0. The molecule has 0 spiro atoms. The molecule has 0 aliphatic carbocycles. The first kappa shape index (κ1) is 21.3. The van der Waals surface area contributed by atoms with Crippen molar-refractivity contribution in [2.45, 2.75) is 6.42 Å². The molecule has 8 heteroatoms. The summed E-state index contributed by atoms with van der Waals surface area (Å²) in [6, 6.07) is 7.40.